The number of hydrogen-bond acceptors (Lipinski definition) is 4. The number of halogens is 1. The molecule has 2 aromatic rings. The van der Waals surface area contributed by atoms with E-state index in [1.54, 1.807) is 12.1 Å². The van der Waals surface area contributed by atoms with Crippen molar-refractivity contribution in [3.8, 4) is 5.75 Å². The van der Waals surface area contributed by atoms with Crippen LogP contribution in [0.25, 0.3) is 0 Å². The van der Waals surface area contributed by atoms with Crippen LogP contribution in [0.15, 0.2) is 36.4 Å². The summed E-state index contributed by atoms with van der Waals surface area (Å²) in [5.74, 6) is -0.0166. The van der Waals surface area contributed by atoms with Crippen LogP contribution in [0.2, 0.25) is 5.02 Å². The highest BCUT2D eigenvalue weighted by atomic mass is 35.5. The van der Waals surface area contributed by atoms with Gasteiger partial charge in [-0.15, -0.1) is 0 Å². The summed E-state index contributed by atoms with van der Waals surface area (Å²) in [6, 6.07) is 10.4. The molecule has 0 fully saturated rings. The Kier molecular flexibility index (Phi) is 5.35. The zero-order chi connectivity index (χ0) is 19.8. The first kappa shape index (κ1) is 19.5. The molecule has 1 atom stereocenters. The van der Waals surface area contributed by atoms with Crippen LogP contribution in [0.3, 0.4) is 0 Å². The summed E-state index contributed by atoms with van der Waals surface area (Å²) in [5, 5.41) is 3.24. The van der Waals surface area contributed by atoms with E-state index in [0.29, 0.717) is 22.1 Å². The second-order valence-electron chi connectivity index (χ2n) is 6.63. The fraction of sp³-hybridized carbons (Fsp3) is 0.316. The molecule has 0 aromatic heterocycles. The molecule has 1 amide bonds. The zero-order valence-electron chi connectivity index (χ0n) is 15.3. The smallest absolute Gasteiger partial charge is 0.265 e. The zero-order valence-corrected chi connectivity index (χ0v) is 16.9. The molecule has 3 rings (SSSR count). The van der Waals surface area contributed by atoms with Crippen molar-refractivity contribution in [1.82, 2.24) is 0 Å². The SMILES string of the molecule is Cc1ccc(NC(=O)[C@H]2CCN(S(C)(=O)=O)c3cc(Cl)ccc3O2)cc1C. The summed E-state index contributed by atoms with van der Waals surface area (Å²) >= 11 is 6.02. The molecule has 0 saturated heterocycles. The fourth-order valence-corrected chi connectivity index (χ4v) is 4.03. The molecule has 0 saturated carbocycles. The van der Waals surface area contributed by atoms with Crippen molar-refractivity contribution in [2.45, 2.75) is 26.4 Å². The molecule has 1 N–H and O–H groups in total. The number of anilines is 2. The first-order valence-electron chi connectivity index (χ1n) is 8.47. The van der Waals surface area contributed by atoms with Crippen molar-refractivity contribution in [2.24, 2.45) is 0 Å². The van der Waals surface area contributed by atoms with E-state index in [1.165, 1.54) is 10.4 Å². The minimum absolute atomic E-state index is 0.122. The molecule has 0 radical (unpaired) electrons. The van der Waals surface area contributed by atoms with Crippen molar-refractivity contribution in [3.05, 3.63) is 52.5 Å². The molecule has 0 spiro atoms. The van der Waals surface area contributed by atoms with Crippen molar-refractivity contribution >= 4 is 38.9 Å². The Morgan fingerprint density at radius 1 is 1.19 bits per heavy atom. The third-order valence-corrected chi connectivity index (χ3v) is 5.94. The van der Waals surface area contributed by atoms with Crippen LogP contribution in [0, 0.1) is 13.8 Å². The van der Waals surface area contributed by atoms with E-state index in [0.717, 1.165) is 17.4 Å². The van der Waals surface area contributed by atoms with Gasteiger partial charge in [0, 0.05) is 23.7 Å². The lowest BCUT2D eigenvalue weighted by molar-refractivity contribution is -0.122. The summed E-state index contributed by atoms with van der Waals surface area (Å²) in [6.07, 6.45) is 0.515. The number of fused-ring (bicyclic) bond motifs is 1. The summed E-state index contributed by atoms with van der Waals surface area (Å²) in [5.41, 5.74) is 3.21. The minimum Gasteiger partial charge on any atom is -0.478 e. The molecular formula is C19H21ClN2O4S. The minimum atomic E-state index is -3.53. The molecule has 2 aromatic carbocycles. The van der Waals surface area contributed by atoms with Gasteiger partial charge in [0.15, 0.2) is 6.10 Å². The summed E-state index contributed by atoms with van der Waals surface area (Å²) in [4.78, 5) is 12.7. The Labute approximate surface area is 164 Å². The van der Waals surface area contributed by atoms with Crippen LogP contribution < -0.4 is 14.4 Å². The third kappa shape index (κ3) is 4.36. The van der Waals surface area contributed by atoms with Gasteiger partial charge in [0.1, 0.15) is 5.75 Å². The Hall–Kier alpha value is -2.25. The number of carbonyl (C=O) groups excluding carboxylic acids is 1. The Bertz CT molecular complexity index is 991. The second kappa shape index (κ2) is 7.40. The molecule has 1 aliphatic rings. The average Bonchev–Trinajstić information content (AvgIpc) is 2.77. The molecule has 6 nitrogen and oxygen atoms in total. The molecule has 0 unspecified atom stereocenters. The first-order chi connectivity index (χ1) is 12.6. The van der Waals surface area contributed by atoms with E-state index in [1.807, 2.05) is 32.0 Å². The van der Waals surface area contributed by atoms with Crippen LogP contribution in [-0.4, -0.2) is 33.2 Å². The van der Waals surface area contributed by atoms with E-state index >= 15 is 0 Å². The lowest BCUT2D eigenvalue weighted by atomic mass is 10.1. The largest absolute Gasteiger partial charge is 0.478 e. The lowest BCUT2D eigenvalue weighted by Gasteiger charge is -2.21. The summed E-state index contributed by atoms with van der Waals surface area (Å²) in [6.45, 7) is 4.09. The topological polar surface area (TPSA) is 75.7 Å². The first-order valence-corrected chi connectivity index (χ1v) is 10.7. The van der Waals surface area contributed by atoms with E-state index < -0.39 is 16.1 Å². The van der Waals surface area contributed by atoms with Crippen LogP contribution in [0.4, 0.5) is 11.4 Å². The highest BCUT2D eigenvalue weighted by Crippen LogP contribution is 2.36. The van der Waals surface area contributed by atoms with Gasteiger partial charge in [-0.3, -0.25) is 9.10 Å². The van der Waals surface area contributed by atoms with E-state index in [-0.39, 0.29) is 18.9 Å². The quantitative estimate of drug-likeness (QED) is 0.843. The number of nitrogens with zero attached hydrogens (tertiary/aromatic N) is 1. The number of nitrogens with one attached hydrogen (secondary N) is 1. The van der Waals surface area contributed by atoms with Gasteiger partial charge in [-0.25, -0.2) is 8.42 Å². The molecule has 0 bridgehead atoms. The molecule has 144 valence electrons. The van der Waals surface area contributed by atoms with Crippen molar-refractivity contribution < 1.29 is 17.9 Å². The number of rotatable bonds is 3. The van der Waals surface area contributed by atoms with E-state index in [2.05, 4.69) is 5.32 Å². The monoisotopic (exact) mass is 408 g/mol. The third-order valence-electron chi connectivity index (χ3n) is 4.52. The summed E-state index contributed by atoms with van der Waals surface area (Å²) < 4.78 is 31.4. The Morgan fingerprint density at radius 3 is 2.59 bits per heavy atom. The fourth-order valence-electron chi connectivity index (χ4n) is 2.92. The molecule has 1 aliphatic heterocycles. The van der Waals surface area contributed by atoms with Gasteiger partial charge < -0.3 is 10.1 Å². The van der Waals surface area contributed by atoms with Gasteiger partial charge >= 0.3 is 0 Å². The standard InChI is InChI=1S/C19H21ClN2O4S/c1-12-4-6-15(10-13(12)2)21-19(23)18-8-9-22(27(3,24)25)16-11-14(20)5-7-17(16)26-18/h4-7,10-11,18H,8-9H2,1-3H3,(H,21,23)/t18-/m1/s1. The van der Waals surface area contributed by atoms with E-state index in [9.17, 15) is 13.2 Å². The maximum Gasteiger partial charge on any atom is 0.265 e. The van der Waals surface area contributed by atoms with Crippen molar-refractivity contribution in [2.75, 3.05) is 22.4 Å². The van der Waals surface area contributed by atoms with Crippen LogP contribution in [0.5, 0.6) is 5.75 Å². The predicted molar refractivity (Wildman–Crippen MR) is 107 cm³/mol. The van der Waals surface area contributed by atoms with E-state index in [4.69, 9.17) is 16.3 Å². The number of sulfonamides is 1. The maximum atomic E-state index is 12.7. The highest BCUT2D eigenvalue weighted by molar-refractivity contribution is 7.92. The predicted octanol–water partition coefficient (Wildman–Crippen LogP) is 3.51. The van der Waals surface area contributed by atoms with Crippen LogP contribution >= 0.6 is 11.6 Å². The van der Waals surface area contributed by atoms with Gasteiger partial charge in [0.05, 0.1) is 11.9 Å². The number of amides is 1. The van der Waals surface area contributed by atoms with Crippen LogP contribution in [0.1, 0.15) is 17.5 Å². The second-order valence-corrected chi connectivity index (χ2v) is 8.97. The van der Waals surface area contributed by atoms with Gasteiger partial charge in [-0.2, -0.15) is 0 Å². The number of carbonyl (C=O) groups is 1. The number of ether oxygens (including phenoxy) is 1. The molecular weight excluding hydrogens is 388 g/mol. The lowest BCUT2D eigenvalue weighted by Crippen LogP contribution is -2.36. The Balaban J connectivity index is 1.87. The van der Waals surface area contributed by atoms with Crippen molar-refractivity contribution in [3.63, 3.8) is 0 Å². The molecule has 1 heterocycles. The average molecular weight is 409 g/mol. The Morgan fingerprint density at radius 2 is 1.93 bits per heavy atom. The van der Waals surface area contributed by atoms with Crippen LogP contribution in [-0.2, 0) is 14.8 Å². The van der Waals surface area contributed by atoms with Gasteiger partial charge in [-0.1, -0.05) is 17.7 Å². The molecule has 8 heteroatoms. The number of benzene rings is 2. The van der Waals surface area contributed by atoms with Gasteiger partial charge in [0.25, 0.3) is 5.91 Å². The maximum absolute atomic E-state index is 12.7. The highest BCUT2D eigenvalue weighted by Gasteiger charge is 2.31. The summed E-state index contributed by atoms with van der Waals surface area (Å²) in [7, 11) is -3.53. The normalized spacial score (nSPS) is 16.9. The number of aryl methyl sites for hydroxylation is 2. The van der Waals surface area contributed by atoms with Gasteiger partial charge in [0.2, 0.25) is 10.0 Å². The molecule has 27 heavy (non-hydrogen) atoms. The van der Waals surface area contributed by atoms with Gasteiger partial charge in [-0.05, 0) is 55.3 Å². The van der Waals surface area contributed by atoms with Crippen molar-refractivity contribution in [1.29, 1.82) is 0 Å². The molecule has 0 aliphatic carbocycles. The number of hydrogen-bond donors (Lipinski definition) is 1.